The van der Waals surface area contributed by atoms with Gasteiger partial charge < -0.3 is 10.6 Å². The van der Waals surface area contributed by atoms with E-state index in [1.807, 2.05) is 0 Å². The predicted molar refractivity (Wildman–Crippen MR) is 70.9 cm³/mol. The van der Waals surface area contributed by atoms with Gasteiger partial charge in [0.05, 0.1) is 0 Å². The van der Waals surface area contributed by atoms with Crippen molar-refractivity contribution in [3.8, 4) is 0 Å². The molecule has 1 aliphatic carbocycles. The summed E-state index contributed by atoms with van der Waals surface area (Å²) < 4.78 is 0. The van der Waals surface area contributed by atoms with Gasteiger partial charge in [-0.25, -0.2) is 0 Å². The minimum atomic E-state index is -0.532. The van der Waals surface area contributed by atoms with Crippen molar-refractivity contribution in [2.24, 2.45) is 5.92 Å². The maximum atomic E-state index is 11.8. The van der Waals surface area contributed by atoms with Crippen molar-refractivity contribution in [2.45, 2.75) is 32.2 Å². The zero-order chi connectivity index (χ0) is 12.7. The van der Waals surface area contributed by atoms with Gasteiger partial charge in [0.25, 0.3) is 0 Å². The van der Waals surface area contributed by atoms with Gasteiger partial charge in [0.2, 0.25) is 11.8 Å². The highest BCUT2D eigenvalue weighted by Gasteiger charge is 2.18. The van der Waals surface area contributed by atoms with Crippen LogP contribution in [-0.2, 0) is 9.59 Å². The second-order valence-electron chi connectivity index (χ2n) is 4.33. The number of allylic oxidation sites excluding steroid dienone is 2. The summed E-state index contributed by atoms with van der Waals surface area (Å²) >= 11 is 4.06. The van der Waals surface area contributed by atoms with Crippen LogP contribution in [0.4, 0.5) is 0 Å². The first-order valence-corrected chi connectivity index (χ1v) is 6.57. The van der Waals surface area contributed by atoms with Crippen molar-refractivity contribution in [3.63, 3.8) is 0 Å². The first kappa shape index (κ1) is 14.1. The van der Waals surface area contributed by atoms with E-state index in [4.69, 9.17) is 0 Å². The lowest BCUT2D eigenvalue weighted by molar-refractivity contribution is -0.127. The lowest BCUT2D eigenvalue weighted by Gasteiger charge is -2.20. The molecule has 2 unspecified atom stereocenters. The Labute approximate surface area is 108 Å². The van der Waals surface area contributed by atoms with E-state index >= 15 is 0 Å². The third-order valence-electron chi connectivity index (χ3n) is 2.82. The topological polar surface area (TPSA) is 58.2 Å². The maximum Gasteiger partial charge on any atom is 0.243 e. The number of amides is 2. The van der Waals surface area contributed by atoms with Gasteiger partial charge in [-0.1, -0.05) is 12.2 Å². The molecule has 1 rings (SSSR count). The normalized spacial score (nSPS) is 20.7. The Morgan fingerprint density at radius 1 is 1.47 bits per heavy atom. The molecule has 0 heterocycles. The first-order chi connectivity index (χ1) is 8.13. The molecule has 0 saturated heterocycles. The minimum absolute atomic E-state index is 0.148. The zero-order valence-corrected chi connectivity index (χ0v) is 11.0. The molecule has 5 heteroatoms. The van der Waals surface area contributed by atoms with Crippen LogP contribution in [0, 0.1) is 5.92 Å². The van der Waals surface area contributed by atoms with E-state index in [2.05, 4.69) is 35.4 Å². The molecule has 4 nitrogen and oxygen atoms in total. The summed E-state index contributed by atoms with van der Waals surface area (Å²) in [6.45, 7) is 2.07. The number of nitrogens with one attached hydrogen (secondary N) is 2. The highest BCUT2D eigenvalue weighted by Crippen LogP contribution is 2.16. The number of carbonyl (C=O) groups is 2. The van der Waals surface area contributed by atoms with Gasteiger partial charge in [0.1, 0.15) is 6.04 Å². The highest BCUT2D eigenvalue weighted by molar-refractivity contribution is 7.80. The van der Waals surface area contributed by atoms with Crippen molar-refractivity contribution in [3.05, 3.63) is 12.2 Å². The third-order valence-corrected chi connectivity index (χ3v) is 3.18. The van der Waals surface area contributed by atoms with E-state index in [-0.39, 0.29) is 11.8 Å². The summed E-state index contributed by atoms with van der Waals surface area (Å²) in [5.41, 5.74) is 0. The van der Waals surface area contributed by atoms with Crippen LogP contribution in [0.1, 0.15) is 26.2 Å². The van der Waals surface area contributed by atoms with Crippen molar-refractivity contribution in [2.75, 3.05) is 12.3 Å². The van der Waals surface area contributed by atoms with Crippen molar-refractivity contribution >= 4 is 24.4 Å². The first-order valence-electron chi connectivity index (χ1n) is 5.94. The lowest BCUT2D eigenvalue weighted by Crippen LogP contribution is -2.48. The van der Waals surface area contributed by atoms with Crippen LogP contribution in [0.2, 0.25) is 0 Å². The van der Waals surface area contributed by atoms with Crippen molar-refractivity contribution < 1.29 is 9.59 Å². The van der Waals surface area contributed by atoms with Gasteiger partial charge in [-0.15, -0.1) is 0 Å². The Balaban J connectivity index is 2.31. The van der Waals surface area contributed by atoms with Crippen LogP contribution < -0.4 is 10.6 Å². The molecule has 0 fully saturated rings. The summed E-state index contributed by atoms with van der Waals surface area (Å²) in [6.07, 6.45) is 7.55. The van der Waals surface area contributed by atoms with Gasteiger partial charge in [0.15, 0.2) is 0 Å². The largest absolute Gasteiger partial charge is 0.354 e. The summed E-state index contributed by atoms with van der Waals surface area (Å²) in [5.74, 6) is 0.474. The molecule has 0 aromatic heterocycles. The van der Waals surface area contributed by atoms with E-state index in [0.29, 0.717) is 18.2 Å². The van der Waals surface area contributed by atoms with Gasteiger partial charge in [-0.2, -0.15) is 12.6 Å². The van der Waals surface area contributed by atoms with Crippen molar-refractivity contribution in [1.29, 1.82) is 0 Å². The maximum absolute atomic E-state index is 11.8. The second-order valence-corrected chi connectivity index (χ2v) is 4.70. The van der Waals surface area contributed by atoms with Crippen LogP contribution in [0.3, 0.4) is 0 Å². The summed E-state index contributed by atoms with van der Waals surface area (Å²) in [4.78, 5) is 22.6. The molecular weight excluding hydrogens is 236 g/mol. The van der Waals surface area contributed by atoms with Crippen LogP contribution in [0.5, 0.6) is 0 Å². The standard InChI is InChI=1S/C12H20N2O2S/c1-9(15)14-11(8-17)12(16)13-7-10-5-3-2-4-6-10/h2-3,10-11,17H,4-8H2,1H3,(H,13,16)(H,14,15). The van der Waals surface area contributed by atoms with Crippen LogP contribution in [0.25, 0.3) is 0 Å². The zero-order valence-electron chi connectivity index (χ0n) is 10.1. The third kappa shape index (κ3) is 5.26. The lowest BCUT2D eigenvalue weighted by atomic mass is 9.94. The van der Waals surface area contributed by atoms with Crippen molar-refractivity contribution in [1.82, 2.24) is 10.6 Å². The molecule has 2 N–H and O–H groups in total. The van der Waals surface area contributed by atoms with E-state index < -0.39 is 6.04 Å². The van der Waals surface area contributed by atoms with E-state index in [1.165, 1.54) is 6.92 Å². The number of rotatable bonds is 5. The molecule has 17 heavy (non-hydrogen) atoms. The summed E-state index contributed by atoms with van der Waals surface area (Å²) in [7, 11) is 0. The Morgan fingerprint density at radius 2 is 2.24 bits per heavy atom. The van der Waals surface area contributed by atoms with Gasteiger partial charge in [-0.05, 0) is 25.2 Å². The molecule has 0 spiro atoms. The predicted octanol–water partition coefficient (Wildman–Crippen LogP) is 0.893. The molecule has 0 aromatic carbocycles. The van der Waals surface area contributed by atoms with Crippen LogP contribution >= 0.6 is 12.6 Å². The highest BCUT2D eigenvalue weighted by atomic mass is 32.1. The quantitative estimate of drug-likeness (QED) is 0.505. The number of hydrogen-bond donors (Lipinski definition) is 3. The summed E-state index contributed by atoms with van der Waals surface area (Å²) in [6, 6.07) is -0.532. The van der Waals surface area contributed by atoms with Gasteiger partial charge in [-0.3, -0.25) is 9.59 Å². The molecule has 2 atom stereocenters. The van der Waals surface area contributed by atoms with E-state index in [0.717, 1.165) is 19.3 Å². The minimum Gasteiger partial charge on any atom is -0.354 e. The van der Waals surface area contributed by atoms with E-state index in [1.54, 1.807) is 0 Å². The Bertz CT molecular complexity index is 305. The molecular formula is C12H20N2O2S. The number of thiol groups is 1. The fourth-order valence-corrected chi connectivity index (χ4v) is 2.11. The Kier molecular flexibility index (Phi) is 6.11. The molecule has 2 amide bonds. The van der Waals surface area contributed by atoms with E-state index in [9.17, 15) is 9.59 Å². The number of hydrogen-bond acceptors (Lipinski definition) is 3. The van der Waals surface area contributed by atoms with Crippen LogP contribution in [0.15, 0.2) is 12.2 Å². The summed E-state index contributed by atoms with van der Waals surface area (Å²) in [5, 5.41) is 5.45. The molecule has 0 saturated carbocycles. The SMILES string of the molecule is CC(=O)NC(CS)C(=O)NCC1CC=CCC1. The Morgan fingerprint density at radius 3 is 2.76 bits per heavy atom. The smallest absolute Gasteiger partial charge is 0.243 e. The van der Waals surface area contributed by atoms with Gasteiger partial charge in [0, 0.05) is 19.2 Å². The van der Waals surface area contributed by atoms with Gasteiger partial charge >= 0.3 is 0 Å². The number of carbonyl (C=O) groups excluding carboxylic acids is 2. The monoisotopic (exact) mass is 256 g/mol. The molecule has 0 aliphatic heterocycles. The average Bonchev–Trinajstić information content (AvgIpc) is 2.34. The second kappa shape index (κ2) is 7.37. The molecule has 1 aliphatic rings. The molecule has 0 radical (unpaired) electrons. The fraction of sp³-hybridized carbons (Fsp3) is 0.667. The molecule has 0 aromatic rings. The average molecular weight is 256 g/mol. The Hall–Kier alpha value is -0.970. The fourth-order valence-electron chi connectivity index (χ4n) is 1.85. The molecule has 0 bridgehead atoms. The van der Waals surface area contributed by atoms with Crippen LogP contribution in [-0.4, -0.2) is 30.2 Å². The molecule has 96 valence electrons.